The summed E-state index contributed by atoms with van der Waals surface area (Å²) >= 11 is 0. The van der Waals surface area contributed by atoms with E-state index < -0.39 is 4.92 Å². The second-order valence-electron chi connectivity index (χ2n) is 4.33. The molecule has 0 aliphatic carbocycles. The van der Waals surface area contributed by atoms with Crippen LogP contribution in [0.5, 0.6) is 0 Å². The first-order valence-corrected chi connectivity index (χ1v) is 6.18. The van der Waals surface area contributed by atoms with Gasteiger partial charge in [-0.2, -0.15) is 0 Å². The van der Waals surface area contributed by atoms with Crippen molar-refractivity contribution in [1.82, 2.24) is 14.9 Å². The highest BCUT2D eigenvalue weighted by molar-refractivity contribution is 5.69. The SMILES string of the molecule is CCCNc1ncnc(NCCN(C)C)c1[N+](=O)[O-]. The molecule has 2 N–H and O–H groups in total. The lowest BCUT2D eigenvalue weighted by Crippen LogP contribution is -2.21. The number of anilines is 2. The van der Waals surface area contributed by atoms with Gasteiger partial charge in [-0.3, -0.25) is 10.1 Å². The largest absolute Gasteiger partial charge is 0.364 e. The Morgan fingerprint density at radius 1 is 1.26 bits per heavy atom. The lowest BCUT2D eigenvalue weighted by Gasteiger charge is -2.12. The molecule has 0 aromatic carbocycles. The highest BCUT2D eigenvalue weighted by Crippen LogP contribution is 2.28. The third-order valence-corrected chi connectivity index (χ3v) is 2.40. The normalized spacial score (nSPS) is 10.5. The van der Waals surface area contributed by atoms with Gasteiger partial charge in [-0.05, 0) is 20.5 Å². The number of aromatic nitrogens is 2. The fraction of sp³-hybridized carbons (Fsp3) is 0.636. The highest BCUT2D eigenvalue weighted by Gasteiger charge is 2.22. The molecule has 0 saturated heterocycles. The van der Waals surface area contributed by atoms with E-state index in [1.807, 2.05) is 25.9 Å². The minimum Gasteiger partial charge on any atom is -0.364 e. The van der Waals surface area contributed by atoms with Crippen LogP contribution in [-0.4, -0.2) is 53.5 Å². The Balaban J connectivity index is 2.86. The van der Waals surface area contributed by atoms with Crippen LogP contribution in [0.2, 0.25) is 0 Å². The van der Waals surface area contributed by atoms with Crippen molar-refractivity contribution in [2.45, 2.75) is 13.3 Å². The van der Waals surface area contributed by atoms with Crippen molar-refractivity contribution in [2.75, 3.05) is 44.4 Å². The fourth-order valence-corrected chi connectivity index (χ4v) is 1.45. The van der Waals surface area contributed by atoms with Crippen molar-refractivity contribution < 1.29 is 4.92 Å². The van der Waals surface area contributed by atoms with E-state index in [1.165, 1.54) is 6.33 Å². The summed E-state index contributed by atoms with van der Waals surface area (Å²) in [7, 11) is 3.87. The first-order valence-electron chi connectivity index (χ1n) is 6.18. The van der Waals surface area contributed by atoms with Gasteiger partial charge in [0, 0.05) is 19.6 Å². The van der Waals surface area contributed by atoms with Gasteiger partial charge in [-0.1, -0.05) is 6.92 Å². The Morgan fingerprint density at radius 3 is 2.32 bits per heavy atom. The number of nitrogens with zero attached hydrogens (tertiary/aromatic N) is 4. The number of nitrogens with one attached hydrogen (secondary N) is 2. The molecule has 106 valence electrons. The van der Waals surface area contributed by atoms with Crippen LogP contribution in [0.3, 0.4) is 0 Å². The third-order valence-electron chi connectivity index (χ3n) is 2.40. The summed E-state index contributed by atoms with van der Waals surface area (Å²) in [4.78, 5) is 20.5. The molecule has 1 rings (SSSR count). The predicted molar refractivity (Wildman–Crippen MR) is 74.5 cm³/mol. The number of hydrogen-bond acceptors (Lipinski definition) is 7. The van der Waals surface area contributed by atoms with Gasteiger partial charge in [0.15, 0.2) is 0 Å². The molecule has 0 atom stereocenters. The topological polar surface area (TPSA) is 96.2 Å². The summed E-state index contributed by atoms with van der Waals surface area (Å²) in [6.45, 7) is 3.96. The van der Waals surface area contributed by atoms with E-state index in [-0.39, 0.29) is 17.3 Å². The molecule has 1 heterocycles. The van der Waals surface area contributed by atoms with Gasteiger partial charge >= 0.3 is 5.69 Å². The van der Waals surface area contributed by atoms with Gasteiger partial charge in [0.2, 0.25) is 11.6 Å². The van der Waals surface area contributed by atoms with Crippen molar-refractivity contribution >= 4 is 17.3 Å². The molecule has 0 spiro atoms. The molecule has 0 unspecified atom stereocenters. The second-order valence-corrected chi connectivity index (χ2v) is 4.33. The molecule has 1 aromatic rings. The van der Waals surface area contributed by atoms with Crippen molar-refractivity contribution in [3.63, 3.8) is 0 Å². The maximum Gasteiger partial charge on any atom is 0.353 e. The van der Waals surface area contributed by atoms with Crippen molar-refractivity contribution in [2.24, 2.45) is 0 Å². The van der Waals surface area contributed by atoms with Crippen LogP contribution in [0.4, 0.5) is 17.3 Å². The average molecular weight is 268 g/mol. The van der Waals surface area contributed by atoms with Crippen LogP contribution >= 0.6 is 0 Å². The smallest absolute Gasteiger partial charge is 0.353 e. The molecule has 19 heavy (non-hydrogen) atoms. The van der Waals surface area contributed by atoms with Crippen LogP contribution in [0.15, 0.2) is 6.33 Å². The van der Waals surface area contributed by atoms with E-state index in [2.05, 4.69) is 20.6 Å². The zero-order valence-corrected chi connectivity index (χ0v) is 11.5. The third kappa shape index (κ3) is 4.66. The summed E-state index contributed by atoms with van der Waals surface area (Å²) in [6, 6.07) is 0. The number of rotatable bonds is 8. The second kappa shape index (κ2) is 7.47. The monoisotopic (exact) mass is 268 g/mol. The first-order chi connectivity index (χ1) is 9.06. The van der Waals surface area contributed by atoms with Gasteiger partial charge in [0.1, 0.15) is 6.33 Å². The first kappa shape index (κ1) is 15.1. The molecule has 1 aromatic heterocycles. The predicted octanol–water partition coefficient (Wildman–Crippen LogP) is 1.18. The van der Waals surface area contributed by atoms with Crippen molar-refractivity contribution in [1.29, 1.82) is 0 Å². The van der Waals surface area contributed by atoms with E-state index in [0.29, 0.717) is 13.1 Å². The van der Waals surface area contributed by atoms with Gasteiger partial charge in [0.25, 0.3) is 0 Å². The molecule has 0 aliphatic heterocycles. The molecule has 0 amide bonds. The van der Waals surface area contributed by atoms with Gasteiger partial charge < -0.3 is 15.5 Å². The van der Waals surface area contributed by atoms with Crippen LogP contribution in [0.25, 0.3) is 0 Å². The Kier molecular flexibility index (Phi) is 5.94. The van der Waals surface area contributed by atoms with E-state index >= 15 is 0 Å². The van der Waals surface area contributed by atoms with Crippen LogP contribution in [0, 0.1) is 10.1 Å². The van der Waals surface area contributed by atoms with E-state index in [1.54, 1.807) is 0 Å². The Morgan fingerprint density at radius 2 is 1.84 bits per heavy atom. The summed E-state index contributed by atoms with van der Waals surface area (Å²) < 4.78 is 0. The molecule has 0 fully saturated rings. The Bertz CT molecular complexity index is 424. The lowest BCUT2D eigenvalue weighted by atomic mass is 10.4. The average Bonchev–Trinajstić information content (AvgIpc) is 2.35. The minimum atomic E-state index is -0.462. The number of hydrogen-bond donors (Lipinski definition) is 2. The number of nitro groups is 1. The van der Waals surface area contributed by atoms with E-state index in [4.69, 9.17) is 0 Å². The zero-order valence-electron chi connectivity index (χ0n) is 11.5. The molecular formula is C11H20N6O2. The zero-order chi connectivity index (χ0) is 14.3. The standard InChI is InChI=1S/C11H20N6O2/c1-4-5-12-10-9(17(18)19)11(15-8-14-10)13-6-7-16(2)3/h8H,4-7H2,1-3H3,(H2,12,13,14,15). The Hall–Kier alpha value is -1.96. The molecule has 8 nitrogen and oxygen atoms in total. The molecule has 0 aliphatic rings. The van der Waals surface area contributed by atoms with Gasteiger partial charge in [0.05, 0.1) is 4.92 Å². The highest BCUT2D eigenvalue weighted by atomic mass is 16.6. The van der Waals surface area contributed by atoms with Crippen molar-refractivity contribution in [3.05, 3.63) is 16.4 Å². The molecule has 0 bridgehead atoms. The maximum atomic E-state index is 11.1. The molecule has 0 radical (unpaired) electrons. The summed E-state index contributed by atoms with van der Waals surface area (Å²) in [5.41, 5.74) is -0.102. The van der Waals surface area contributed by atoms with Crippen LogP contribution < -0.4 is 10.6 Å². The Labute approximate surface area is 112 Å². The summed E-state index contributed by atoms with van der Waals surface area (Å²) in [5, 5.41) is 17.0. The quantitative estimate of drug-likeness (QED) is 0.539. The van der Waals surface area contributed by atoms with Gasteiger partial charge in [-0.15, -0.1) is 0 Å². The van der Waals surface area contributed by atoms with Crippen LogP contribution in [-0.2, 0) is 0 Å². The molecular weight excluding hydrogens is 248 g/mol. The van der Waals surface area contributed by atoms with E-state index in [9.17, 15) is 10.1 Å². The molecule has 0 saturated carbocycles. The van der Waals surface area contributed by atoms with Gasteiger partial charge in [-0.25, -0.2) is 9.97 Å². The minimum absolute atomic E-state index is 0.102. The fourth-order valence-electron chi connectivity index (χ4n) is 1.45. The number of likely N-dealkylation sites (N-methyl/N-ethyl adjacent to an activating group) is 1. The van der Waals surface area contributed by atoms with Crippen LogP contribution in [0.1, 0.15) is 13.3 Å². The maximum absolute atomic E-state index is 11.1. The lowest BCUT2D eigenvalue weighted by molar-refractivity contribution is -0.383. The molecule has 8 heteroatoms. The summed E-state index contributed by atoms with van der Waals surface area (Å²) in [6.07, 6.45) is 2.19. The van der Waals surface area contributed by atoms with E-state index in [0.717, 1.165) is 13.0 Å². The summed E-state index contributed by atoms with van der Waals surface area (Å²) in [5.74, 6) is 0.509. The van der Waals surface area contributed by atoms with Crippen molar-refractivity contribution in [3.8, 4) is 0 Å².